The van der Waals surface area contributed by atoms with E-state index in [1.54, 1.807) is 49.2 Å². The summed E-state index contributed by atoms with van der Waals surface area (Å²) in [6.07, 6.45) is 2.66. The number of fused-ring (bicyclic) bond motifs is 1. The highest BCUT2D eigenvalue weighted by molar-refractivity contribution is 7.90. The fraction of sp³-hybridized carbons (Fsp3) is 0.227. The molecule has 1 aromatic carbocycles. The first kappa shape index (κ1) is 20.9. The SMILES string of the molecule is Cc1cc(Cc2cc(Nc3ccccc3S(C)(=O)=O)c3c(n2)CN(C)C3=O)ncc1F. The fourth-order valence-electron chi connectivity index (χ4n) is 3.60. The van der Waals surface area contributed by atoms with Gasteiger partial charge in [-0.3, -0.25) is 14.8 Å². The van der Waals surface area contributed by atoms with E-state index in [1.807, 2.05) is 0 Å². The summed E-state index contributed by atoms with van der Waals surface area (Å²) in [6, 6.07) is 9.91. The van der Waals surface area contributed by atoms with Crippen molar-refractivity contribution >= 4 is 27.1 Å². The van der Waals surface area contributed by atoms with Crippen LogP contribution in [0.15, 0.2) is 47.5 Å². The van der Waals surface area contributed by atoms with Crippen molar-refractivity contribution in [2.75, 3.05) is 18.6 Å². The third-order valence-electron chi connectivity index (χ3n) is 5.12. The third kappa shape index (κ3) is 4.13. The molecule has 0 unspecified atom stereocenters. The summed E-state index contributed by atoms with van der Waals surface area (Å²) in [5.74, 6) is -0.568. The number of nitrogens with zero attached hydrogens (tertiary/aromatic N) is 3. The van der Waals surface area contributed by atoms with E-state index in [0.29, 0.717) is 52.5 Å². The van der Waals surface area contributed by atoms with Gasteiger partial charge in [-0.15, -0.1) is 0 Å². The van der Waals surface area contributed by atoms with Gasteiger partial charge in [-0.2, -0.15) is 0 Å². The summed E-state index contributed by atoms with van der Waals surface area (Å²) in [7, 11) is -1.80. The Morgan fingerprint density at radius 3 is 2.61 bits per heavy atom. The highest BCUT2D eigenvalue weighted by Gasteiger charge is 2.30. The van der Waals surface area contributed by atoms with Gasteiger partial charge >= 0.3 is 0 Å². The van der Waals surface area contributed by atoms with E-state index in [4.69, 9.17) is 0 Å². The summed E-state index contributed by atoms with van der Waals surface area (Å²) >= 11 is 0. The molecule has 0 aliphatic carbocycles. The molecule has 7 nitrogen and oxygen atoms in total. The van der Waals surface area contributed by atoms with Gasteiger partial charge in [0.05, 0.1) is 40.3 Å². The maximum absolute atomic E-state index is 13.6. The average Bonchev–Trinajstić information content (AvgIpc) is 2.98. The fourth-order valence-corrected chi connectivity index (χ4v) is 4.45. The zero-order chi connectivity index (χ0) is 22.3. The van der Waals surface area contributed by atoms with Gasteiger partial charge in [0.1, 0.15) is 5.82 Å². The molecule has 2 aromatic heterocycles. The molecule has 0 bridgehead atoms. The van der Waals surface area contributed by atoms with Gasteiger partial charge in [-0.05, 0) is 36.8 Å². The second kappa shape index (κ2) is 7.73. The minimum atomic E-state index is -3.48. The van der Waals surface area contributed by atoms with E-state index >= 15 is 0 Å². The highest BCUT2D eigenvalue weighted by atomic mass is 32.2. The molecular formula is C22H21FN4O3S. The van der Waals surface area contributed by atoms with Crippen molar-refractivity contribution in [3.8, 4) is 0 Å². The number of para-hydroxylation sites is 1. The molecule has 1 amide bonds. The Balaban J connectivity index is 1.79. The molecule has 3 heterocycles. The maximum atomic E-state index is 13.6. The Kier molecular flexibility index (Phi) is 5.22. The largest absolute Gasteiger partial charge is 0.354 e. The van der Waals surface area contributed by atoms with E-state index in [0.717, 1.165) is 6.26 Å². The smallest absolute Gasteiger partial charge is 0.257 e. The molecule has 1 N–H and O–H groups in total. The second-order valence-electron chi connectivity index (χ2n) is 7.64. The van der Waals surface area contributed by atoms with Crippen molar-refractivity contribution in [2.24, 2.45) is 0 Å². The zero-order valence-electron chi connectivity index (χ0n) is 17.3. The van der Waals surface area contributed by atoms with Crippen LogP contribution in [-0.2, 0) is 22.8 Å². The molecule has 4 rings (SSSR count). The number of pyridine rings is 2. The Labute approximate surface area is 179 Å². The molecule has 0 saturated carbocycles. The number of halogens is 1. The first-order valence-corrected chi connectivity index (χ1v) is 11.5. The molecule has 0 saturated heterocycles. The number of anilines is 2. The topological polar surface area (TPSA) is 92.3 Å². The van der Waals surface area contributed by atoms with Crippen molar-refractivity contribution < 1.29 is 17.6 Å². The van der Waals surface area contributed by atoms with Crippen LogP contribution in [0.25, 0.3) is 0 Å². The van der Waals surface area contributed by atoms with Gasteiger partial charge in [0.15, 0.2) is 9.84 Å². The molecule has 0 fully saturated rings. The molecule has 0 atom stereocenters. The van der Waals surface area contributed by atoms with Crippen LogP contribution in [-0.4, -0.2) is 42.5 Å². The lowest BCUT2D eigenvalue weighted by Gasteiger charge is -2.15. The maximum Gasteiger partial charge on any atom is 0.257 e. The van der Waals surface area contributed by atoms with Gasteiger partial charge in [-0.1, -0.05) is 12.1 Å². The van der Waals surface area contributed by atoms with Crippen LogP contribution in [0.1, 0.15) is 33.0 Å². The molecule has 9 heteroatoms. The van der Waals surface area contributed by atoms with E-state index in [-0.39, 0.29) is 16.6 Å². The van der Waals surface area contributed by atoms with E-state index in [2.05, 4.69) is 15.3 Å². The Bertz CT molecular complexity index is 1310. The number of hydrogen-bond donors (Lipinski definition) is 1. The lowest BCUT2D eigenvalue weighted by molar-refractivity contribution is 0.0817. The number of aromatic nitrogens is 2. The van der Waals surface area contributed by atoms with Gasteiger partial charge in [-0.25, -0.2) is 12.8 Å². The molecule has 160 valence electrons. The lowest BCUT2D eigenvalue weighted by atomic mass is 10.1. The van der Waals surface area contributed by atoms with Crippen molar-refractivity contribution in [1.29, 1.82) is 0 Å². The van der Waals surface area contributed by atoms with Crippen LogP contribution in [0.4, 0.5) is 15.8 Å². The summed E-state index contributed by atoms with van der Waals surface area (Å²) in [5.41, 5.74) is 3.64. The highest BCUT2D eigenvalue weighted by Crippen LogP contribution is 2.33. The Morgan fingerprint density at radius 2 is 1.90 bits per heavy atom. The number of aryl methyl sites for hydroxylation is 1. The molecule has 0 radical (unpaired) electrons. The second-order valence-corrected chi connectivity index (χ2v) is 9.62. The van der Waals surface area contributed by atoms with E-state index in [1.165, 1.54) is 12.3 Å². The normalized spacial score (nSPS) is 13.4. The standard InChI is InChI=1S/C22H21FN4O3S/c1-13-8-14(24-11-16(13)23)9-15-10-18(21-19(25-15)12-27(2)22(21)28)26-17-6-4-5-7-20(17)31(3,29)30/h4-8,10-11H,9,12H2,1-3H3,(H,25,26). The average molecular weight is 441 g/mol. The predicted octanol–water partition coefficient (Wildman–Crippen LogP) is 3.25. The number of hydrogen-bond acceptors (Lipinski definition) is 6. The number of carbonyl (C=O) groups excluding carboxylic acids is 1. The first-order chi connectivity index (χ1) is 14.6. The van der Waals surface area contributed by atoms with Crippen LogP contribution in [0.2, 0.25) is 0 Å². The van der Waals surface area contributed by atoms with Crippen LogP contribution >= 0.6 is 0 Å². The molecular weight excluding hydrogens is 419 g/mol. The third-order valence-corrected chi connectivity index (χ3v) is 6.27. The van der Waals surface area contributed by atoms with Gasteiger partial charge in [0.25, 0.3) is 5.91 Å². The monoisotopic (exact) mass is 440 g/mol. The first-order valence-electron chi connectivity index (χ1n) is 9.59. The van der Waals surface area contributed by atoms with Crippen molar-refractivity contribution in [3.63, 3.8) is 0 Å². The van der Waals surface area contributed by atoms with Crippen molar-refractivity contribution in [2.45, 2.75) is 24.8 Å². The van der Waals surface area contributed by atoms with Crippen molar-refractivity contribution in [1.82, 2.24) is 14.9 Å². The minimum Gasteiger partial charge on any atom is -0.354 e. The van der Waals surface area contributed by atoms with E-state index < -0.39 is 9.84 Å². The summed E-state index contributed by atoms with van der Waals surface area (Å²) in [6.45, 7) is 2.01. The quantitative estimate of drug-likeness (QED) is 0.655. The van der Waals surface area contributed by atoms with Crippen LogP contribution < -0.4 is 5.32 Å². The van der Waals surface area contributed by atoms with Crippen LogP contribution in [0.3, 0.4) is 0 Å². The number of nitrogens with one attached hydrogen (secondary N) is 1. The van der Waals surface area contributed by atoms with Gasteiger partial charge in [0, 0.05) is 31.1 Å². The molecule has 0 spiro atoms. The number of amides is 1. The van der Waals surface area contributed by atoms with Gasteiger partial charge < -0.3 is 10.2 Å². The van der Waals surface area contributed by atoms with Crippen LogP contribution in [0, 0.1) is 12.7 Å². The summed E-state index contributed by atoms with van der Waals surface area (Å²) < 4.78 is 38.0. The summed E-state index contributed by atoms with van der Waals surface area (Å²) in [4.78, 5) is 23.1. The molecule has 1 aliphatic rings. The molecule has 3 aromatic rings. The Hall–Kier alpha value is -3.33. The zero-order valence-corrected chi connectivity index (χ0v) is 18.1. The van der Waals surface area contributed by atoms with Gasteiger partial charge in [0.2, 0.25) is 0 Å². The minimum absolute atomic E-state index is 0.136. The molecule has 31 heavy (non-hydrogen) atoms. The lowest BCUT2D eigenvalue weighted by Crippen LogP contribution is -2.18. The number of rotatable bonds is 5. The van der Waals surface area contributed by atoms with Crippen LogP contribution in [0.5, 0.6) is 0 Å². The number of carbonyl (C=O) groups is 1. The van der Waals surface area contributed by atoms with Crippen molar-refractivity contribution in [3.05, 3.63) is 76.6 Å². The number of sulfone groups is 1. The van der Waals surface area contributed by atoms with E-state index in [9.17, 15) is 17.6 Å². The predicted molar refractivity (Wildman–Crippen MR) is 115 cm³/mol. The summed E-state index contributed by atoms with van der Waals surface area (Å²) in [5, 5.41) is 3.13. The Morgan fingerprint density at radius 1 is 1.16 bits per heavy atom. The number of benzene rings is 1. The molecule has 1 aliphatic heterocycles.